The molecule has 0 bridgehead atoms. The fourth-order valence-corrected chi connectivity index (χ4v) is 2.17. The molecule has 0 aliphatic heterocycles. The van der Waals surface area contributed by atoms with Crippen LogP contribution in [0.5, 0.6) is 0 Å². The van der Waals surface area contributed by atoms with Crippen molar-refractivity contribution in [1.29, 1.82) is 0 Å². The first-order valence-electron chi connectivity index (χ1n) is 6.21. The van der Waals surface area contributed by atoms with Crippen LogP contribution in [0.15, 0.2) is 36.4 Å². The summed E-state index contributed by atoms with van der Waals surface area (Å²) in [6, 6.07) is 10.4. The highest BCUT2D eigenvalue weighted by Gasteiger charge is 2.30. The molecule has 0 unspecified atom stereocenters. The molecule has 16 heavy (non-hydrogen) atoms. The van der Waals surface area contributed by atoms with Crippen molar-refractivity contribution in [2.75, 3.05) is 13.1 Å². The lowest BCUT2D eigenvalue weighted by Crippen LogP contribution is -2.37. The van der Waals surface area contributed by atoms with Gasteiger partial charge in [-0.1, -0.05) is 55.8 Å². The minimum atomic E-state index is 0.584. The van der Waals surface area contributed by atoms with E-state index in [-0.39, 0.29) is 0 Å². The van der Waals surface area contributed by atoms with Gasteiger partial charge in [-0.3, -0.25) is 0 Å². The zero-order valence-electron chi connectivity index (χ0n) is 10.1. The smallest absolute Gasteiger partial charge is 0.0138 e. The first-order chi connectivity index (χ1) is 7.79. The van der Waals surface area contributed by atoms with Gasteiger partial charge in [0.2, 0.25) is 0 Å². The Kier molecular flexibility index (Phi) is 3.79. The van der Waals surface area contributed by atoms with Gasteiger partial charge >= 0.3 is 0 Å². The quantitative estimate of drug-likeness (QED) is 0.741. The second-order valence-electron chi connectivity index (χ2n) is 5.11. The van der Waals surface area contributed by atoms with Gasteiger partial charge in [-0.2, -0.15) is 0 Å². The van der Waals surface area contributed by atoms with Gasteiger partial charge in [0, 0.05) is 13.1 Å². The summed E-state index contributed by atoms with van der Waals surface area (Å²) in [6.07, 6.45) is 8.58. The van der Waals surface area contributed by atoms with Crippen molar-refractivity contribution in [3.63, 3.8) is 0 Å². The maximum Gasteiger partial charge on any atom is 0.0138 e. The van der Waals surface area contributed by atoms with Crippen LogP contribution >= 0.6 is 0 Å². The zero-order chi connectivity index (χ0) is 11.3. The van der Waals surface area contributed by atoms with Crippen molar-refractivity contribution in [2.24, 2.45) is 5.41 Å². The molecule has 1 aliphatic carbocycles. The Hall–Kier alpha value is -1.08. The molecule has 1 fully saturated rings. The lowest BCUT2D eigenvalue weighted by molar-refractivity contribution is 0.159. The van der Waals surface area contributed by atoms with Gasteiger partial charge < -0.3 is 5.32 Å². The predicted octanol–water partition coefficient (Wildman–Crippen LogP) is 3.48. The van der Waals surface area contributed by atoms with Gasteiger partial charge in [0.15, 0.2) is 0 Å². The lowest BCUT2D eigenvalue weighted by Gasteiger charge is -2.38. The first kappa shape index (κ1) is 11.4. The molecule has 1 saturated carbocycles. The molecule has 0 aromatic heterocycles. The second kappa shape index (κ2) is 5.31. The van der Waals surface area contributed by atoms with E-state index < -0.39 is 0 Å². The maximum absolute atomic E-state index is 3.51. The van der Waals surface area contributed by atoms with E-state index in [1.807, 2.05) is 6.07 Å². The Morgan fingerprint density at radius 3 is 2.62 bits per heavy atom. The fraction of sp³-hybridized carbons (Fsp3) is 0.467. The highest BCUT2D eigenvalue weighted by atomic mass is 14.9. The fourth-order valence-electron chi connectivity index (χ4n) is 2.17. The van der Waals surface area contributed by atoms with Gasteiger partial charge in [0.1, 0.15) is 0 Å². The molecule has 0 saturated heterocycles. The number of hydrogen-bond donors (Lipinski definition) is 1. The molecular weight excluding hydrogens is 194 g/mol. The maximum atomic E-state index is 3.51. The van der Waals surface area contributed by atoms with Crippen LogP contribution in [-0.4, -0.2) is 13.1 Å². The summed E-state index contributed by atoms with van der Waals surface area (Å²) in [6.45, 7) is 4.51. The Balaban J connectivity index is 1.66. The third-order valence-corrected chi connectivity index (χ3v) is 3.48. The van der Waals surface area contributed by atoms with E-state index >= 15 is 0 Å². The Labute approximate surface area is 98.6 Å². The van der Waals surface area contributed by atoms with Crippen LogP contribution in [0.25, 0.3) is 6.08 Å². The molecule has 1 N–H and O–H groups in total. The molecule has 2 rings (SSSR count). The molecular formula is C15H21N. The normalized spacial score (nSPS) is 18.6. The van der Waals surface area contributed by atoms with Crippen molar-refractivity contribution in [3.05, 3.63) is 42.0 Å². The monoisotopic (exact) mass is 215 g/mol. The Bertz CT molecular complexity index is 336. The van der Waals surface area contributed by atoms with Crippen LogP contribution < -0.4 is 5.32 Å². The molecule has 1 nitrogen and oxygen atoms in total. The van der Waals surface area contributed by atoms with E-state index in [2.05, 4.69) is 48.7 Å². The molecule has 1 heteroatoms. The predicted molar refractivity (Wildman–Crippen MR) is 70.3 cm³/mol. The number of hydrogen-bond acceptors (Lipinski definition) is 1. The van der Waals surface area contributed by atoms with E-state index in [0.29, 0.717) is 5.41 Å². The van der Waals surface area contributed by atoms with Crippen molar-refractivity contribution in [1.82, 2.24) is 5.32 Å². The minimum absolute atomic E-state index is 0.584. The molecule has 1 aliphatic rings. The van der Waals surface area contributed by atoms with Crippen LogP contribution in [0.3, 0.4) is 0 Å². The van der Waals surface area contributed by atoms with Gasteiger partial charge in [0.25, 0.3) is 0 Å². The Morgan fingerprint density at radius 1 is 1.25 bits per heavy atom. The van der Waals surface area contributed by atoms with E-state index in [0.717, 1.165) is 13.1 Å². The number of nitrogens with one attached hydrogen (secondary N) is 1. The summed E-state index contributed by atoms with van der Waals surface area (Å²) in [5, 5.41) is 3.51. The van der Waals surface area contributed by atoms with E-state index in [4.69, 9.17) is 0 Å². The molecule has 0 heterocycles. The highest BCUT2D eigenvalue weighted by Crippen LogP contribution is 2.39. The summed E-state index contributed by atoms with van der Waals surface area (Å²) in [7, 11) is 0. The zero-order valence-corrected chi connectivity index (χ0v) is 10.1. The summed E-state index contributed by atoms with van der Waals surface area (Å²) in [5.41, 5.74) is 1.86. The summed E-state index contributed by atoms with van der Waals surface area (Å²) >= 11 is 0. The molecule has 0 atom stereocenters. The van der Waals surface area contributed by atoms with Gasteiger partial charge in [0.05, 0.1) is 0 Å². The highest BCUT2D eigenvalue weighted by molar-refractivity contribution is 5.48. The standard InChI is InChI=1S/C15H21N/c1-15(10-6-11-15)13-16-12-5-9-14-7-3-2-4-8-14/h2-5,7-9,16H,6,10-13H2,1H3/b9-5+. The van der Waals surface area contributed by atoms with Crippen LogP contribution in [0.1, 0.15) is 31.7 Å². The van der Waals surface area contributed by atoms with E-state index in [1.54, 1.807) is 0 Å². The second-order valence-corrected chi connectivity index (χ2v) is 5.11. The molecule has 0 spiro atoms. The number of rotatable bonds is 5. The average molecular weight is 215 g/mol. The summed E-state index contributed by atoms with van der Waals surface area (Å²) in [5.74, 6) is 0. The van der Waals surface area contributed by atoms with Crippen molar-refractivity contribution < 1.29 is 0 Å². The third kappa shape index (κ3) is 3.21. The van der Waals surface area contributed by atoms with Crippen LogP contribution in [-0.2, 0) is 0 Å². The van der Waals surface area contributed by atoms with E-state index in [9.17, 15) is 0 Å². The average Bonchev–Trinajstić information content (AvgIpc) is 2.28. The van der Waals surface area contributed by atoms with Crippen LogP contribution in [0, 0.1) is 5.41 Å². The largest absolute Gasteiger partial charge is 0.313 e. The van der Waals surface area contributed by atoms with Gasteiger partial charge in [-0.15, -0.1) is 0 Å². The summed E-state index contributed by atoms with van der Waals surface area (Å²) < 4.78 is 0. The SMILES string of the molecule is CC1(CNC/C=C/c2ccccc2)CCC1. The van der Waals surface area contributed by atoms with Crippen LogP contribution in [0.4, 0.5) is 0 Å². The lowest BCUT2D eigenvalue weighted by atomic mass is 9.70. The molecule has 86 valence electrons. The topological polar surface area (TPSA) is 12.0 Å². The molecule has 1 aromatic rings. The number of benzene rings is 1. The first-order valence-corrected chi connectivity index (χ1v) is 6.21. The van der Waals surface area contributed by atoms with Crippen LogP contribution in [0.2, 0.25) is 0 Å². The third-order valence-electron chi connectivity index (χ3n) is 3.48. The molecule has 0 amide bonds. The van der Waals surface area contributed by atoms with Gasteiger partial charge in [-0.25, -0.2) is 0 Å². The Morgan fingerprint density at radius 2 is 2.00 bits per heavy atom. The molecule has 0 radical (unpaired) electrons. The van der Waals surface area contributed by atoms with Crippen molar-refractivity contribution >= 4 is 6.08 Å². The van der Waals surface area contributed by atoms with Crippen molar-refractivity contribution in [3.8, 4) is 0 Å². The molecule has 1 aromatic carbocycles. The summed E-state index contributed by atoms with van der Waals surface area (Å²) in [4.78, 5) is 0. The van der Waals surface area contributed by atoms with Gasteiger partial charge in [-0.05, 0) is 23.8 Å². The van der Waals surface area contributed by atoms with E-state index in [1.165, 1.54) is 24.8 Å². The minimum Gasteiger partial charge on any atom is -0.313 e. The van der Waals surface area contributed by atoms with Crippen molar-refractivity contribution in [2.45, 2.75) is 26.2 Å².